The summed E-state index contributed by atoms with van der Waals surface area (Å²) in [6.45, 7) is 4.89. The maximum Gasteiger partial charge on any atom is 0.227 e. The molecule has 0 bridgehead atoms. The highest BCUT2D eigenvalue weighted by molar-refractivity contribution is 5.83. The smallest absolute Gasteiger partial charge is 0.227 e. The quantitative estimate of drug-likeness (QED) is 0.691. The molecule has 4 heteroatoms. The Morgan fingerprint density at radius 1 is 0.967 bits per heavy atom. The lowest BCUT2D eigenvalue weighted by atomic mass is 9.89. The minimum Gasteiger partial charge on any atom is -0.353 e. The SMILES string of the molecule is CCCN(C(=O)Cc1ccccc1)C1CCC(NC(=O)[C@@H](C)c2ccccc2)CC1. The van der Waals surface area contributed by atoms with E-state index in [0.717, 1.165) is 49.8 Å². The van der Waals surface area contributed by atoms with Gasteiger partial charge in [0.15, 0.2) is 0 Å². The maximum absolute atomic E-state index is 13.0. The summed E-state index contributed by atoms with van der Waals surface area (Å²) >= 11 is 0. The molecule has 1 fully saturated rings. The number of carbonyl (C=O) groups excluding carboxylic acids is 2. The van der Waals surface area contributed by atoms with Crippen molar-refractivity contribution in [3.8, 4) is 0 Å². The molecule has 0 heterocycles. The van der Waals surface area contributed by atoms with Crippen LogP contribution in [-0.4, -0.2) is 35.3 Å². The highest BCUT2D eigenvalue weighted by Gasteiger charge is 2.29. The van der Waals surface area contributed by atoms with E-state index in [4.69, 9.17) is 0 Å². The molecular weight excluding hydrogens is 372 g/mol. The zero-order valence-electron chi connectivity index (χ0n) is 18.2. The lowest BCUT2D eigenvalue weighted by molar-refractivity contribution is -0.134. The molecule has 2 aromatic rings. The van der Waals surface area contributed by atoms with Crippen molar-refractivity contribution in [2.75, 3.05) is 6.54 Å². The van der Waals surface area contributed by atoms with E-state index in [9.17, 15) is 9.59 Å². The van der Waals surface area contributed by atoms with Gasteiger partial charge in [0.05, 0.1) is 12.3 Å². The summed E-state index contributed by atoms with van der Waals surface area (Å²) in [5.74, 6) is 0.163. The van der Waals surface area contributed by atoms with E-state index in [-0.39, 0.29) is 29.8 Å². The molecule has 0 saturated heterocycles. The largest absolute Gasteiger partial charge is 0.353 e. The molecule has 0 aromatic heterocycles. The third-order valence-electron chi connectivity index (χ3n) is 6.16. The zero-order valence-corrected chi connectivity index (χ0v) is 18.2. The van der Waals surface area contributed by atoms with E-state index in [0.29, 0.717) is 6.42 Å². The summed E-state index contributed by atoms with van der Waals surface area (Å²) in [4.78, 5) is 27.7. The van der Waals surface area contributed by atoms with Crippen molar-refractivity contribution in [2.24, 2.45) is 0 Å². The van der Waals surface area contributed by atoms with Crippen molar-refractivity contribution in [1.29, 1.82) is 0 Å². The number of carbonyl (C=O) groups is 2. The van der Waals surface area contributed by atoms with Crippen LogP contribution in [0.25, 0.3) is 0 Å². The number of benzene rings is 2. The molecule has 30 heavy (non-hydrogen) atoms. The standard InChI is InChI=1S/C26H34N2O2/c1-3-18-28(25(29)19-21-10-6-4-7-11-21)24-16-14-23(15-17-24)27-26(30)20(2)22-12-8-5-9-13-22/h4-13,20,23-24H,3,14-19H2,1-2H3,(H,27,30)/t20-,23?,24?/m0/s1. The van der Waals surface area contributed by atoms with E-state index in [2.05, 4.69) is 17.1 Å². The summed E-state index contributed by atoms with van der Waals surface area (Å²) in [6, 6.07) is 20.4. The Morgan fingerprint density at radius 2 is 1.57 bits per heavy atom. The molecule has 0 radical (unpaired) electrons. The monoisotopic (exact) mass is 406 g/mol. The first-order valence-electron chi connectivity index (χ1n) is 11.3. The summed E-state index contributed by atoms with van der Waals surface area (Å²) in [7, 11) is 0. The van der Waals surface area contributed by atoms with Crippen LogP contribution in [0.15, 0.2) is 60.7 Å². The van der Waals surface area contributed by atoms with E-state index in [1.165, 1.54) is 0 Å². The van der Waals surface area contributed by atoms with E-state index in [1.54, 1.807) is 0 Å². The topological polar surface area (TPSA) is 49.4 Å². The van der Waals surface area contributed by atoms with Gasteiger partial charge in [0.2, 0.25) is 11.8 Å². The average Bonchev–Trinajstić information content (AvgIpc) is 2.79. The molecule has 1 atom stereocenters. The predicted molar refractivity (Wildman–Crippen MR) is 121 cm³/mol. The van der Waals surface area contributed by atoms with Crippen molar-refractivity contribution < 1.29 is 9.59 Å². The van der Waals surface area contributed by atoms with Crippen LogP contribution in [0.3, 0.4) is 0 Å². The number of nitrogens with one attached hydrogen (secondary N) is 1. The van der Waals surface area contributed by atoms with Crippen molar-refractivity contribution in [3.63, 3.8) is 0 Å². The number of nitrogens with zero attached hydrogens (tertiary/aromatic N) is 1. The minimum absolute atomic E-state index is 0.0928. The van der Waals surface area contributed by atoms with E-state index < -0.39 is 0 Å². The Hall–Kier alpha value is -2.62. The van der Waals surface area contributed by atoms with Gasteiger partial charge in [-0.15, -0.1) is 0 Å². The van der Waals surface area contributed by atoms with Crippen molar-refractivity contribution >= 4 is 11.8 Å². The summed E-state index contributed by atoms with van der Waals surface area (Å²) < 4.78 is 0. The fourth-order valence-electron chi connectivity index (χ4n) is 4.37. The summed E-state index contributed by atoms with van der Waals surface area (Å²) in [5.41, 5.74) is 2.11. The zero-order chi connectivity index (χ0) is 21.3. The Bertz CT molecular complexity index is 798. The van der Waals surface area contributed by atoms with Crippen LogP contribution in [-0.2, 0) is 16.0 Å². The maximum atomic E-state index is 13.0. The highest BCUT2D eigenvalue weighted by Crippen LogP contribution is 2.25. The molecule has 2 amide bonds. The second kappa shape index (κ2) is 11.0. The first-order chi connectivity index (χ1) is 14.6. The fraction of sp³-hybridized carbons (Fsp3) is 0.462. The van der Waals surface area contributed by atoms with Crippen molar-refractivity contribution in [3.05, 3.63) is 71.8 Å². The van der Waals surface area contributed by atoms with Gasteiger partial charge in [-0.05, 0) is 50.2 Å². The molecule has 0 unspecified atom stereocenters. The van der Waals surface area contributed by atoms with Gasteiger partial charge in [-0.2, -0.15) is 0 Å². The van der Waals surface area contributed by atoms with Crippen LogP contribution >= 0.6 is 0 Å². The van der Waals surface area contributed by atoms with Gasteiger partial charge >= 0.3 is 0 Å². The molecule has 0 aliphatic heterocycles. The molecular formula is C26H34N2O2. The van der Waals surface area contributed by atoms with Crippen LogP contribution in [0, 0.1) is 0 Å². The number of hydrogen-bond donors (Lipinski definition) is 1. The summed E-state index contributed by atoms with van der Waals surface area (Å²) in [6.07, 6.45) is 5.18. The van der Waals surface area contributed by atoms with Gasteiger partial charge in [0.1, 0.15) is 0 Å². The van der Waals surface area contributed by atoms with Gasteiger partial charge in [0, 0.05) is 18.6 Å². The highest BCUT2D eigenvalue weighted by atomic mass is 16.2. The Kier molecular flexibility index (Phi) is 8.06. The number of rotatable bonds is 8. The molecule has 1 aliphatic rings. The first kappa shape index (κ1) is 22.1. The third kappa shape index (κ3) is 5.94. The number of amides is 2. The minimum atomic E-state index is -0.145. The molecule has 3 rings (SSSR count). The molecule has 1 saturated carbocycles. The molecule has 2 aromatic carbocycles. The van der Waals surface area contributed by atoms with Gasteiger partial charge in [-0.25, -0.2) is 0 Å². The van der Waals surface area contributed by atoms with Gasteiger partial charge < -0.3 is 10.2 Å². The van der Waals surface area contributed by atoms with Crippen LogP contribution in [0.5, 0.6) is 0 Å². The Labute approximate surface area is 180 Å². The Balaban J connectivity index is 1.52. The Morgan fingerprint density at radius 3 is 2.17 bits per heavy atom. The molecule has 1 N–H and O–H groups in total. The lowest BCUT2D eigenvalue weighted by Gasteiger charge is -2.37. The number of hydrogen-bond acceptors (Lipinski definition) is 2. The van der Waals surface area contributed by atoms with Gasteiger partial charge in [0.25, 0.3) is 0 Å². The summed E-state index contributed by atoms with van der Waals surface area (Å²) in [5, 5.41) is 3.24. The van der Waals surface area contributed by atoms with Crippen LogP contribution < -0.4 is 5.32 Å². The molecule has 4 nitrogen and oxygen atoms in total. The van der Waals surface area contributed by atoms with Gasteiger partial charge in [-0.1, -0.05) is 67.6 Å². The van der Waals surface area contributed by atoms with Crippen LogP contribution in [0.2, 0.25) is 0 Å². The van der Waals surface area contributed by atoms with Crippen molar-refractivity contribution in [2.45, 2.75) is 70.4 Å². The second-order valence-corrected chi connectivity index (χ2v) is 8.40. The fourth-order valence-corrected chi connectivity index (χ4v) is 4.37. The third-order valence-corrected chi connectivity index (χ3v) is 6.16. The van der Waals surface area contributed by atoms with Crippen molar-refractivity contribution in [1.82, 2.24) is 10.2 Å². The van der Waals surface area contributed by atoms with Crippen LogP contribution in [0.1, 0.15) is 63.0 Å². The lowest BCUT2D eigenvalue weighted by Crippen LogP contribution is -2.47. The van der Waals surface area contributed by atoms with Gasteiger partial charge in [-0.3, -0.25) is 9.59 Å². The normalized spacial score (nSPS) is 19.7. The molecule has 160 valence electrons. The molecule has 0 spiro atoms. The average molecular weight is 407 g/mol. The van der Waals surface area contributed by atoms with Crippen LogP contribution in [0.4, 0.5) is 0 Å². The molecule has 1 aliphatic carbocycles. The second-order valence-electron chi connectivity index (χ2n) is 8.40. The van der Waals surface area contributed by atoms with E-state index >= 15 is 0 Å². The predicted octanol–water partition coefficient (Wildman–Crippen LogP) is 4.70. The van der Waals surface area contributed by atoms with E-state index in [1.807, 2.05) is 67.6 Å². The first-order valence-corrected chi connectivity index (χ1v) is 11.3.